The number of aryl methyl sites for hydroxylation is 1. The summed E-state index contributed by atoms with van der Waals surface area (Å²) in [6.07, 6.45) is 6.73. The Morgan fingerprint density at radius 1 is 1.00 bits per heavy atom. The Hall–Kier alpha value is -3.67. The Bertz CT molecular complexity index is 1080. The molecule has 0 atom stereocenters. The van der Waals surface area contributed by atoms with E-state index in [-0.39, 0.29) is 17.9 Å². The van der Waals surface area contributed by atoms with Crippen LogP contribution in [-0.2, 0) is 6.54 Å². The molecule has 1 aromatic heterocycles. The molecular weight excluding hydrogens is 390 g/mol. The molecule has 2 amide bonds. The summed E-state index contributed by atoms with van der Waals surface area (Å²) < 4.78 is 6.05. The molecule has 1 fully saturated rings. The van der Waals surface area contributed by atoms with Gasteiger partial charge in [-0.3, -0.25) is 14.6 Å². The first kappa shape index (κ1) is 20.6. The van der Waals surface area contributed by atoms with E-state index in [0.29, 0.717) is 23.4 Å². The van der Waals surface area contributed by atoms with Gasteiger partial charge < -0.3 is 15.4 Å². The third kappa shape index (κ3) is 4.91. The summed E-state index contributed by atoms with van der Waals surface area (Å²) in [6, 6.07) is 16.4. The van der Waals surface area contributed by atoms with E-state index in [0.717, 1.165) is 29.7 Å². The fraction of sp³-hybridized carbons (Fsp3) is 0.240. The van der Waals surface area contributed by atoms with E-state index in [1.165, 1.54) is 6.42 Å². The van der Waals surface area contributed by atoms with Gasteiger partial charge in [0.25, 0.3) is 11.8 Å². The second-order valence-electron chi connectivity index (χ2n) is 7.65. The number of anilines is 1. The van der Waals surface area contributed by atoms with Crippen LogP contribution in [0, 0.1) is 6.92 Å². The van der Waals surface area contributed by atoms with Crippen molar-refractivity contribution in [1.82, 2.24) is 10.3 Å². The zero-order valence-electron chi connectivity index (χ0n) is 17.4. The molecule has 6 nitrogen and oxygen atoms in total. The zero-order chi connectivity index (χ0) is 21.6. The highest BCUT2D eigenvalue weighted by Crippen LogP contribution is 2.28. The third-order valence-corrected chi connectivity index (χ3v) is 5.46. The minimum Gasteiger partial charge on any atom is -0.490 e. The molecule has 2 aromatic carbocycles. The first-order chi connectivity index (χ1) is 15.1. The molecule has 31 heavy (non-hydrogen) atoms. The standard InChI is InChI=1S/C25H25N3O3/c1-17-6-4-10-21(23(17)28-24(29)18-12-14-26-15-13-18)25(30)27-16-19-7-2-3-11-22(19)31-20-8-5-9-20/h2-4,6-7,10-15,20H,5,8-9,16H2,1H3,(H,27,30)(H,28,29). The second-order valence-corrected chi connectivity index (χ2v) is 7.65. The van der Waals surface area contributed by atoms with Gasteiger partial charge in [0.05, 0.1) is 17.4 Å². The van der Waals surface area contributed by atoms with Crippen LogP contribution in [0.25, 0.3) is 0 Å². The molecule has 3 aromatic rings. The van der Waals surface area contributed by atoms with Gasteiger partial charge >= 0.3 is 0 Å². The SMILES string of the molecule is Cc1cccc(C(=O)NCc2ccccc2OC2CCC2)c1NC(=O)c1ccncc1. The maximum atomic E-state index is 13.0. The maximum Gasteiger partial charge on any atom is 0.255 e. The predicted octanol–water partition coefficient (Wildman–Crippen LogP) is 4.50. The van der Waals surface area contributed by atoms with E-state index in [4.69, 9.17) is 4.74 Å². The van der Waals surface area contributed by atoms with Crippen LogP contribution in [0.3, 0.4) is 0 Å². The van der Waals surface area contributed by atoms with Crippen LogP contribution in [0.5, 0.6) is 5.75 Å². The van der Waals surface area contributed by atoms with Crippen LogP contribution in [0.1, 0.15) is 51.1 Å². The van der Waals surface area contributed by atoms with Crippen molar-refractivity contribution in [1.29, 1.82) is 0 Å². The lowest BCUT2D eigenvalue weighted by Crippen LogP contribution is -2.27. The van der Waals surface area contributed by atoms with Gasteiger partial charge in [0.15, 0.2) is 0 Å². The molecule has 1 aliphatic rings. The van der Waals surface area contributed by atoms with Crippen LogP contribution in [0.2, 0.25) is 0 Å². The largest absolute Gasteiger partial charge is 0.490 e. The summed E-state index contributed by atoms with van der Waals surface area (Å²) in [5.41, 5.74) is 3.13. The van der Waals surface area contributed by atoms with Gasteiger partial charge in [-0.15, -0.1) is 0 Å². The number of ether oxygens (including phenoxy) is 1. The van der Waals surface area contributed by atoms with E-state index in [2.05, 4.69) is 15.6 Å². The van der Waals surface area contributed by atoms with Crippen LogP contribution in [0.4, 0.5) is 5.69 Å². The summed E-state index contributed by atoms with van der Waals surface area (Å²) in [7, 11) is 0. The average molecular weight is 415 g/mol. The number of nitrogens with one attached hydrogen (secondary N) is 2. The van der Waals surface area contributed by atoms with Crippen molar-refractivity contribution in [3.63, 3.8) is 0 Å². The number of aromatic nitrogens is 1. The van der Waals surface area contributed by atoms with Crippen LogP contribution in [0.15, 0.2) is 67.0 Å². The van der Waals surface area contributed by atoms with E-state index in [1.54, 1.807) is 36.7 Å². The first-order valence-corrected chi connectivity index (χ1v) is 10.5. The number of carbonyl (C=O) groups excluding carboxylic acids is 2. The highest BCUT2D eigenvalue weighted by atomic mass is 16.5. The van der Waals surface area contributed by atoms with Gasteiger partial charge in [-0.1, -0.05) is 30.3 Å². The monoisotopic (exact) mass is 415 g/mol. The molecule has 2 N–H and O–H groups in total. The van der Waals surface area contributed by atoms with Crippen LogP contribution in [-0.4, -0.2) is 22.9 Å². The Kier molecular flexibility index (Phi) is 6.26. The topological polar surface area (TPSA) is 80.3 Å². The summed E-state index contributed by atoms with van der Waals surface area (Å²) in [5, 5.41) is 5.84. The van der Waals surface area contributed by atoms with Crippen molar-refractivity contribution in [2.75, 3.05) is 5.32 Å². The van der Waals surface area contributed by atoms with E-state index < -0.39 is 0 Å². The smallest absolute Gasteiger partial charge is 0.255 e. The minimum absolute atomic E-state index is 0.257. The number of carbonyl (C=O) groups is 2. The molecule has 1 heterocycles. The minimum atomic E-state index is -0.287. The second kappa shape index (κ2) is 9.43. The number of hydrogen-bond acceptors (Lipinski definition) is 4. The van der Waals surface area contributed by atoms with Crippen LogP contribution >= 0.6 is 0 Å². The Morgan fingerprint density at radius 2 is 1.77 bits per heavy atom. The predicted molar refractivity (Wildman–Crippen MR) is 119 cm³/mol. The summed E-state index contributed by atoms with van der Waals surface area (Å²) in [4.78, 5) is 29.5. The number of benzene rings is 2. The van der Waals surface area contributed by atoms with Gasteiger partial charge in [0.2, 0.25) is 0 Å². The van der Waals surface area contributed by atoms with Crippen molar-refractivity contribution in [2.45, 2.75) is 38.8 Å². The lowest BCUT2D eigenvalue weighted by molar-refractivity contribution is 0.0949. The lowest BCUT2D eigenvalue weighted by Gasteiger charge is -2.27. The molecule has 1 aliphatic carbocycles. The lowest BCUT2D eigenvalue weighted by atomic mass is 9.96. The van der Waals surface area contributed by atoms with Crippen molar-refractivity contribution in [3.05, 3.63) is 89.2 Å². The van der Waals surface area contributed by atoms with E-state index in [9.17, 15) is 9.59 Å². The molecule has 6 heteroatoms. The number of rotatable bonds is 7. The number of pyridine rings is 1. The molecular formula is C25H25N3O3. The summed E-state index contributed by atoms with van der Waals surface area (Å²) in [6.45, 7) is 2.20. The third-order valence-electron chi connectivity index (χ3n) is 5.46. The molecule has 0 unspecified atom stereocenters. The Morgan fingerprint density at radius 3 is 2.52 bits per heavy atom. The van der Waals surface area contributed by atoms with Crippen molar-refractivity contribution in [3.8, 4) is 5.75 Å². The number of hydrogen-bond donors (Lipinski definition) is 2. The van der Waals surface area contributed by atoms with Crippen molar-refractivity contribution in [2.24, 2.45) is 0 Å². The quantitative estimate of drug-likeness (QED) is 0.595. The molecule has 0 radical (unpaired) electrons. The number of para-hydroxylation sites is 2. The van der Waals surface area contributed by atoms with Gasteiger partial charge in [-0.25, -0.2) is 0 Å². The first-order valence-electron chi connectivity index (χ1n) is 10.5. The van der Waals surface area contributed by atoms with Gasteiger partial charge in [0, 0.05) is 30.1 Å². The molecule has 0 aliphatic heterocycles. The zero-order valence-corrected chi connectivity index (χ0v) is 17.4. The van der Waals surface area contributed by atoms with Crippen LogP contribution < -0.4 is 15.4 Å². The van der Waals surface area contributed by atoms with Crippen molar-refractivity contribution >= 4 is 17.5 Å². The molecule has 0 spiro atoms. The highest BCUT2D eigenvalue weighted by molar-refractivity contribution is 6.09. The fourth-order valence-corrected chi connectivity index (χ4v) is 3.42. The summed E-state index contributed by atoms with van der Waals surface area (Å²) in [5.74, 6) is 0.264. The van der Waals surface area contributed by atoms with E-state index in [1.807, 2.05) is 37.3 Å². The Labute approximate surface area is 181 Å². The highest BCUT2D eigenvalue weighted by Gasteiger charge is 2.21. The molecule has 4 rings (SSSR count). The number of amides is 2. The maximum absolute atomic E-state index is 13.0. The fourth-order valence-electron chi connectivity index (χ4n) is 3.42. The number of nitrogens with zero attached hydrogens (tertiary/aromatic N) is 1. The van der Waals surface area contributed by atoms with Crippen molar-refractivity contribution < 1.29 is 14.3 Å². The Balaban J connectivity index is 1.48. The average Bonchev–Trinajstić information content (AvgIpc) is 2.77. The molecule has 158 valence electrons. The van der Waals surface area contributed by atoms with E-state index >= 15 is 0 Å². The van der Waals surface area contributed by atoms with Gasteiger partial charge in [0.1, 0.15) is 5.75 Å². The molecule has 1 saturated carbocycles. The van der Waals surface area contributed by atoms with Gasteiger partial charge in [-0.05, 0) is 56.0 Å². The van der Waals surface area contributed by atoms with Gasteiger partial charge in [-0.2, -0.15) is 0 Å². The molecule has 0 saturated heterocycles. The normalized spacial score (nSPS) is 13.2. The molecule has 0 bridgehead atoms. The summed E-state index contributed by atoms with van der Waals surface area (Å²) >= 11 is 0.